The number of nitrogens with zero attached hydrogens (tertiary/aromatic N) is 1. The molecule has 0 saturated carbocycles. The number of Topliss-reactive ketones (excluding diaryl/α,β-unsaturated/α-hetero) is 1. The fourth-order valence-corrected chi connectivity index (χ4v) is 3.91. The van der Waals surface area contributed by atoms with Gasteiger partial charge in [-0.15, -0.1) is 11.3 Å². The number of thiazole rings is 1. The van der Waals surface area contributed by atoms with Crippen molar-refractivity contribution in [2.24, 2.45) is 0 Å². The van der Waals surface area contributed by atoms with E-state index in [-0.39, 0.29) is 18.1 Å². The van der Waals surface area contributed by atoms with Crippen molar-refractivity contribution in [1.82, 2.24) is 4.98 Å². The molecule has 0 aliphatic carbocycles. The van der Waals surface area contributed by atoms with Crippen LogP contribution in [0.2, 0.25) is 0 Å². The number of rotatable bonds is 6. The van der Waals surface area contributed by atoms with Crippen LogP contribution in [0.15, 0.2) is 52.9 Å². The summed E-state index contributed by atoms with van der Waals surface area (Å²) in [5, 5.41) is 0. The van der Waals surface area contributed by atoms with Gasteiger partial charge in [-0.3, -0.25) is 9.59 Å². The molecule has 0 aliphatic rings. The number of hydrogen-bond acceptors (Lipinski definition) is 6. The topological polar surface area (TPSA) is 56.3 Å². The van der Waals surface area contributed by atoms with Gasteiger partial charge in [-0.2, -0.15) is 0 Å². The number of carbonyl (C=O) groups is 2. The zero-order chi connectivity index (χ0) is 16.9. The zero-order valence-electron chi connectivity index (χ0n) is 13.0. The van der Waals surface area contributed by atoms with Gasteiger partial charge in [0.25, 0.3) is 0 Å². The van der Waals surface area contributed by atoms with Gasteiger partial charge in [0.1, 0.15) is 0 Å². The number of benzene rings is 2. The number of para-hydroxylation sites is 1. The first-order valence-electron chi connectivity index (χ1n) is 7.36. The van der Waals surface area contributed by atoms with Crippen molar-refractivity contribution in [3.63, 3.8) is 0 Å². The Hall–Kier alpha value is -2.18. The molecule has 0 saturated heterocycles. The highest BCUT2D eigenvalue weighted by Crippen LogP contribution is 2.29. The van der Waals surface area contributed by atoms with Crippen LogP contribution >= 0.6 is 23.1 Å². The second-order valence-electron chi connectivity index (χ2n) is 5.19. The zero-order valence-corrected chi connectivity index (χ0v) is 14.7. The Morgan fingerprint density at radius 2 is 1.88 bits per heavy atom. The van der Waals surface area contributed by atoms with Crippen LogP contribution < -0.4 is 0 Å². The molecule has 1 aromatic heterocycles. The van der Waals surface area contributed by atoms with Crippen LogP contribution in [0.4, 0.5) is 0 Å². The van der Waals surface area contributed by atoms with Gasteiger partial charge >= 0.3 is 5.97 Å². The summed E-state index contributed by atoms with van der Waals surface area (Å²) in [6.07, 6.45) is 0. The molecular formula is C18H15NO3S2. The summed E-state index contributed by atoms with van der Waals surface area (Å²) in [5.41, 5.74) is 2.55. The van der Waals surface area contributed by atoms with Crippen molar-refractivity contribution in [2.45, 2.75) is 11.3 Å². The fraction of sp³-hybridized carbons (Fsp3) is 0.167. The molecule has 2 aromatic carbocycles. The first kappa shape index (κ1) is 16.7. The Morgan fingerprint density at radius 1 is 1.12 bits per heavy atom. The van der Waals surface area contributed by atoms with E-state index in [0.717, 1.165) is 20.1 Å². The Morgan fingerprint density at radius 3 is 2.62 bits per heavy atom. The molecule has 0 spiro atoms. The van der Waals surface area contributed by atoms with E-state index >= 15 is 0 Å². The molecule has 4 nitrogen and oxygen atoms in total. The molecule has 0 unspecified atom stereocenters. The van der Waals surface area contributed by atoms with E-state index in [0.29, 0.717) is 5.56 Å². The molecule has 0 aliphatic heterocycles. The third-order valence-electron chi connectivity index (χ3n) is 3.33. The second kappa shape index (κ2) is 7.59. The Labute approximate surface area is 147 Å². The molecule has 0 atom stereocenters. The first-order valence-corrected chi connectivity index (χ1v) is 9.16. The van der Waals surface area contributed by atoms with Gasteiger partial charge in [-0.05, 0) is 19.1 Å². The lowest BCUT2D eigenvalue weighted by atomic mass is 10.1. The van der Waals surface area contributed by atoms with Gasteiger partial charge in [-0.1, -0.05) is 53.7 Å². The Bertz CT molecular complexity index is 838. The van der Waals surface area contributed by atoms with Gasteiger partial charge in [0.15, 0.2) is 16.7 Å². The van der Waals surface area contributed by atoms with Crippen molar-refractivity contribution in [3.05, 3.63) is 59.7 Å². The summed E-state index contributed by atoms with van der Waals surface area (Å²) < 4.78 is 6.96. The normalized spacial score (nSPS) is 10.7. The van der Waals surface area contributed by atoms with E-state index in [4.69, 9.17) is 4.74 Å². The van der Waals surface area contributed by atoms with E-state index in [1.807, 2.05) is 43.3 Å². The molecule has 122 valence electrons. The van der Waals surface area contributed by atoms with Gasteiger partial charge in [-0.25, -0.2) is 4.98 Å². The molecular weight excluding hydrogens is 342 g/mol. The van der Waals surface area contributed by atoms with Gasteiger partial charge in [0.2, 0.25) is 0 Å². The van der Waals surface area contributed by atoms with Crippen LogP contribution in [0.1, 0.15) is 15.9 Å². The molecule has 6 heteroatoms. The highest BCUT2D eigenvalue weighted by molar-refractivity contribution is 8.01. The predicted octanol–water partition coefficient (Wildman–Crippen LogP) is 4.12. The summed E-state index contributed by atoms with van der Waals surface area (Å²) in [6, 6.07) is 15.0. The molecule has 3 aromatic rings. The molecule has 3 rings (SSSR count). The van der Waals surface area contributed by atoms with E-state index in [1.54, 1.807) is 12.1 Å². The number of ketones is 1. The molecule has 1 heterocycles. The third-order valence-corrected chi connectivity index (χ3v) is 5.48. The molecule has 24 heavy (non-hydrogen) atoms. The van der Waals surface area contributed by atoms with Crippen LogP contribution in [-0.4, -0.2) is 29.1 Å². The molecule has 0 bridgehead atoms. The average molecular weight is 357 g/mol. The van der Waals surface area contributed by atoms with Crippen LogP contribution in [0.25, 0.3) is 10.2 Å². The third kappa shape index (κ3) is 4.21. The number of ether oxygens (including phenoxy) is 1. The standard InChI is InChI=1S/C18H15NO3S2/c1-12-6-8-13(9-7-12)15(20)10-22-17(21)11-23-18-19-14-4-2-3-5-16(14)24-18/h2-9H,10-11H2,1H3. The number of esters is 1. The number of aryl methyl sites for hydroxylation is 1. The minimum atomic E-state index is -0.417. The lowest BCUT2D eigenvalue weighted by Crippen LogP contribution is -2.15. The monoisotopic (exact) mass is 357 g/mol. The van der Waals surface area contributed by atoms with Crippen molar-refractivity contribution in [1.29, 1.82) is 0 Å². The summed E-state index contributed by atoms with van der Waals surface area (Å²) >= 11 is 2.86. The number of aromatic nitrogens is 1. The average Bonchev–Trinajstić information content (AvgIpc) is 3.01. The number of thioether (sulfide) groups is 1. The summed E-state index contributed by atoms with van der Waals surface area (Å²) in [4.78, 5) is 28.2. The molecule has 0 fully saturated rings. The van der Waals surface area contributed by atoms with E-state index in [2.05, 4.69) is 4.98 Å². The van der Waals surface area contributed by atoms with Crippen molar-refractivity contribution in [3.8, 4) is 0 Å². The van der Waals surface area contributed by atoms with Crippen molar-refractivity contribution in [2.75, 3.05) is 12.4 Å². The number of carbonyl (C=O) groups excluding carboxylic acids is 2. The highest BCUT2D eigenvalue weighted by Gasteiger charge is 2.12. The van der Waals surface area contributed by atoms with E-state index in [1.165, 1.54) is 23.1 Å². The number of fused-ring (bicyclic) bond motifs is 1. The summed E-state index contributed by atoms with van der Waals surface area (Å²) in [7, 11) is 0. The molecule has 0 radical (unpaired) electrons. The number of hydrogen-bond donors (Lipinski definition) is 0. The van der Waals surface area contributed by atoms with Gasteiger partial charge < -0.3 is 4.74 Å². The maximum atomic E-state index is 12.0. The van der Waals surface area contributed by atoms with Crippen LogP contribution in [0, 0.1) is 6.92 Å². The quantitative estimate of drug-likeness (QED) is 0.377. The van der Waals surface area contributed by atoms with Gasteiger partial charge in [0.05, 0.1) is 16.0 Å². The first-order chi connectivity index (χ1) is 11.6. The summed E-state index contributed by atoms with van der Waals surface area (Å²) in [5.74, 6) is -0.478. The highest BCUT2D eigenvalue weighted by atomic mass is 32.2. The van der Waals surface area contributed by atoms with Crippen molar-refractivity contribution >= 4 is 45.1 Å². The van der Waals surface area contributed by atoms with Crippen LogP contribution in [0.5, 0.6) is 0 Å². The smallest absolute Gasteiger partial charge is 0.316 e. The van der Waals surface area contributed by atoms with Crippen LogP contribution in [0.3, 0.4) is 0 Å². The van der Waals surface area contributed by atoms with E-state index < -0.39 is 5.97 Å². The maximum absolute atomic E-state index is 12.0. The lowest BCUT2D eigenvalue weighted by molar-refractivity contribution is -0.139. The fourth-order valence-electron chi connectivity index (χ4n) is 2.04. The largest absolute Gasteiger partial charge is 0.457 e. The minimum absolute atomic E-state index is 0.140. The molecule has 0 amide bonds. The lowest BCUT2D eigenvalue weighted by Gasteiger charge is -2.04. The Kier molecular flexibility index (Phi) is 5.27. The maximum Gasteiger partial charge on any atom is 0.316 e. The second-order valence-corrected chi connectivity index (χ2v) is 7.44. The Balaban J connectivity index is 1.48. The summed E-state index contributed by atoms with van der Waals surface area (Å²) in [6.45, 7) is 1.72. The van der Waals surface area contributed by atoms with Crippen LogP contribution in [-0.2, 0) is 9.53 Å². The minimum Gasteiger partial charge on any atom is -0.457 e. The van der Waals surface area contributed by atoms with Gasteiger partial charge in [0, 0.05) is 5.56 Å². The van der Waals surface area contributed by atoms with E-state index in [9.17, 15) is 9.59 Å². The molecule has 0 N–H and O–H groups in total. The predicted molar refractivity (Wildman–Crippen MR) is 96.8 cm³/mol. The van der Waals surface area contributed by atoms with Crippen molar-refractivity contribution < 1.29 is 14.3 Å². The SMILES string of the molecule is Cc1ccc(C(=O)COC(=O)CSc2nc3ccccc3s2)cc1.